The third kappa shape index (κ3) is 13.7. The van der Waals surface area contributed by atoms with Gasteiger partial charge in [0.05, 0.1) is 5.92 Å². The lowest BCUT2D eigenvalue weighted by molar-refractivity contribution is -0.142. The SMILES string of the molecule is CCCCCC=CCC(CCCCCCCC(=O)O)C(=O)O. The van der Waals surface area contributed by atoms with E-state index >= 15 is 0 Å². The van der Waals surface area contributed by atoms with Crippen LogP contribution in [0.25, 0.3) is 0 Å². The summed E-state index contributed by atoms with van der Waals surface area (Å²) in [6, 6.07) is 0. The molecule has 4 heteroatoms. The average Bonchev–Trinajstić information content (AvgIpc) is 2.46. The number of unbranched alkanes of at least 4 members (excludes halogenated alkanes) is 7. The van der Waals surface area contributed by atoms with E-state index in [9.17, 15) is 14.7 Å². The molecule has 0 bridgehead atoms. The second kappa shape index (κ2) is 14.6. The van der Waals surface area contributed by atoms with Crippen molar-refractivity contribution >= 4 is 11.9 Å². The van der Waals surface area contributed by atoms with Gasteiger partial charge < -0.3 is 10.2 Å². The van der Waals surface area contributed by atoms with Crippen LogP contribution in [0, 0.1) is 5.92 Å². The molecule has 0 radical (unpaired) electrons. The molecule has 0 saturated heterocycles. The molecule has 0 spiro atoms. The number of carboxylic acid groups (broad SMARTS) is 2. The fraction of sp³-hybridized carbons (Fsp3) is 0.778. The van der Waals surface area contributed by atoms with Gasteiger partial charge in [0.25, 0.3) is 0 Å². The minimum absolute atomic E-state index is 0.237. The molecule has 0 aliphatic rings. The van der Waals surface area contributed by atoms with Gasteiger partial charge in [0, 0.05) is 6.42 Å². The van der Waals surface area contributed by atoms with Crippen LogP contribution in [0.4, 0.5) is 0 Å². The second-order valence-corrected chi connectivity index (χ2v) is 5.94. The smallest absolute Gasteiger partial charge is 0.306 e. The molecule has 1 atom stereocenters. The summed E-state index contributed by atoms with van der Waals surface area (Å²) in [5, 5.41) is 17.7. The second-order valence-electron chi connectivity index (χ2n) is 5.94. The fourth-order valence-corrected chi connectivity index (χ4v) is 2.43. The Kier molecular flexibility index (Phi) is 13.7. The van der Waals surface area contributed by atoms with E-state index in [0.717, 1.165) is 38.5 Å². The summed E-state index contributed by atoms with van der Waals surface area (Å²) >= 11 is 0. The molecule has 1 unspecified atom stereocenters. The number of hydrogen-bond acceptors (Lipinski definition) is 2. The fourth-order valence-electron chi connectivity index (χ4n) is 2.43. The van der Waals surface area contributed by atoms with Gasteiger partial charge in [0.2, 0.25) is 0 Å². The number of allylic oxidation sites excluding steroid dienone is 2. The molecule has 0 aromatic rings. The maximum Gasteiger partial charge on any atom is 0.306 e. The zero-order chi connectivity index (χ0) is 16.6. The Morgan fingerprint density at radius 3 is 2.23 bits per heavy atom. The first kappa shape index (κ1) is 20.7. The van der Waals surface area contributed by atoms with Crippen molar-refractivity contribution in [3.05, 3.63) is 12.2 Å². The summed E-state index contributed by atoms with van der Waals surface area (Å²) in [4.78, 5) is 21.6. The van der Waals surface area contributed by atoms with Crippen LogP contribution in [0.1, 0.15) is 84.0 Å². The summed E-state index contributed by atoms with van der Waals surface area (Å²) in [5.74, 6) is -1.72. The molecule has 0 saturated carbocycles. The molecule has 0 aliphatic carbocycles. The van der Waals surface area contributed by atoms with Gasteiger partial charge in [0.15, 0.2) is 0 Å². The first-order valence-corrected chi connectivity index (χ1v) is 8.67. The Bertz CT molecular complexity index is 323. The molecule has 22 heavy (non-hydrogen) atoms. The van der Waals surface area contributed by atoms with Gasteiger partial charge in [-0.3, -0.25) is 9.59 Å². The zero-order valence-electron chi connectivity index (χ0n) is 13.9. The highest BCUT2D eigenvalue weighted by Crippen LogP contribution is 2.16. The number of carbonyl (C=O) groups is 2. The van der Waals surface area contributed by atoms with Gasteiger partial charge >= 0.3 is 11.9 Å². The van der Waals surface area contributed by atoms with Crippen molar-refractivity contribution in [2.45, 2.75) is 84.0 Å². The Hall–Kier alpha value is -1.32. The van der Waals surface area contributed by atoms with Crippen LogP contribution in [0.2, 0.25) is 0 Å². The zero-order valence-corrected chi connectivity index (χ0v) is 13.9. The largest absolute Gasteiger partial charge is 0.481 e. The van der Waals surface area contributed by atoms with Gasteiger partial charge in [-0.05, 0) is 32.1 Å². The van der Waals surface area contributed by atoms with Crippen LogP contribution in [-0.2, 0) is 9.59 Å². The highest BCUT2D eigenvalue weighted by Gasteiger charge is 2.14. The standard InChI is InChI=1S/C18H32O4/c1-2-3-4-5-7-10-13-16(18(21)22)14-11-8-6-9-12-15-17(19)20/h7,10,16H,2-6,8-9,11-15H2,1H3,(H,19,20)(H,21,22). The van der Waals surface area contributed by atoms with Crippen LogP contribution in [0.15, 0.2) is 12.2 Å². The predicted octanol–water partition coefficient (Wildman–Crippen LogP) is 5.03. The van der Waals surface area contributed by atoms with Gasteiger partial charge in [-0.25, -0.2) is 0 Å². The monoisotopic (exact) mass is 312 g/mol. The Morgan fingerprint density at radius 1 is 0.909 bits per heavy atom. The van der Waals surface area contributed by atoms with Crippen molar-refractivity contribution in [3.63, 3.8) is 0 Å². The Balaban J connectivity index is 3.68. The van der Waals surface area contributed by atoms with Crippen molar-refractivity contribution in [1.29, 1.82) is 0 Å². The minimum atomic E-state index is -0.739. The lowest BCUT2D eigenvalue weighted by atomic mass is 9.97. The highest BCUT2D eigenvalue weighted by molar-refractivity contribution is 5.70. The highest BCUT2D eigenvalue weighted by atomic mass is 16.4. The summed E-state index contributed by atoms with van der Waals surface area (Å²) in [6.45, 7) is 2.17. The quantitative estimate of drug-likeness (QED) is 0.328. The summed E-state index contributed by atoms with van der Waals surface area (Å²) < 4.78 is 0. The molecule has 0 heterocycles. The lowest BCUT2D eigenvalue weighted by Gasteiger charge is -2.09. The van der Waals surface area contributed by atoms with E-state index < -0.39 is 11.9 Å². The van der Waals surface area contributed by atoms with E-state index in [0.29, 0.717) is 12.8 Å². The predicted molar refractivity (Wildman–Crippen MR) is 89.0 cm³/mol. The summed E-state index contributed by atoms with van der Waals surface area (Å²) in [6.07, 6.45) is 14.9. The van der Waals surface area contributed by atoms with Crippen molar-refractivity contribution in [1.82, 2.24) is 0 Å². The summed E-state index contributed by atoms with van der Waals surface area (Å²) in [5.41, 5.74) is 0. The maximum absolute atomic E-state index is 11.2. The van der Waals surface area contributed by atoms with E-state index in [-0.39, 0.29) is 12.3 Å². The van der Waals surface area contributed by atoms with Crippen LogP contribution in [0.5, 0.6) is 0 Å². The number of hydrogen-bond donors (Lipinski definition) is 2. The molecule has 0 aliphatic heterocycles. The molecule has 0 fully saturated rings. The van der Waals surface area contributed by atoms with E-state index in [1.54, 1.807) is 0 Å². The number of rotatable bonds is 15. The normalized spacial score (nSPS) is 12.6. The van der Waals surface area contributed by atoms with E-state index in [1.807, 2.05) is 6.08 Å². The molecule has 4 nitrogen and oxygen atoms in total. The van der Waals surface area contributed by atoms with Crippen molar-refractivity contribution in [2.24, 2.45) is 5.92 Å². The lowest BCUT2D eigenvalue weighted by Crippen LogP contribution is -2.12. The van der Waals surface area contributed by atoms with Crippen LogP contribution in [-0.4, -0.2) is 22.2 Å². The molecule has 0 aromatic heterocycles. The Labute approximate surface area is 134 Å². The van der Waals surface area contributed by atoms with Crippen LogP contribution >= 0.6 is 0 Å². The van der Waals surface area contributed by atoms with E-state index in [2.05, 4.69) is 13.0 Å². The molecule has 0 aromatic carbocycles. The molecule has 128 valence electrons. The van der Waals surface area contributed by atoms with Crippen LogP contribution in [0.3, 0.4) is 0 Å². The summed E-state index contributed by atoms with van der Waals surface area (Å²) in [7, 11) is 0. The van der Waals surface area contributed by atoms with Gasteiger partial charge in [-0.15, -0.1) is 0 Å². The number of aliphatic carboxylic acids is 2. The van der Waals surface area contributed by atoms with Gasteiger partial charge in [-0.1, -0.05) is 57.6 Å². The average molecular weight is 312 g/mol. The number of carboxylic acids is 2. The third-order valence-electron chi connectivity index (χ3n) is 3.85. The van der Waals surface area contributed by atoms with E-state index in [4.69, 9.17) is 5.11 Å². The Morgan fingerprint density at radius 2 is 1.59 bits per heavy atom. The van der Waals surface area contributed by atoms with Gasteiger partial charge in [-0.2, -0.15) is 0 Å². The first-order chi connectivity index (χ1) is 10.6. The van der Waals surface area contributed by atoms with Crippen LogP contribution < -0.4 is 0 Å². The third-order valence-corrected chi connectivity index (χ3v) is 3.85. The molecular formula is C18H32O4. The molecule has 2 N–H and O–H groups in total. The topological polar surface area (TPSA) is 74.6 Å². The molecule has 0 amide bonds. The first-order valence-electron chi connectivity index (χ1n) is 8.67. The van der Waals surface area contributed by atoms with Crippen molar-refractivity contribution in [2.75, 3.05) is 0 Å². The maximum atomic E-state index is 11.2. The van der Waals surface area contributed by atoms with Gasteiger partial charge in [0.1, 0.15) is 0 Å². The minimum Gasteiger partial charge on any atom is -0.481 e. The molecular weight excluding hydrogens is 280 g/mol. The van der Waals surface area contributed by atoms with Crippen molar-refractivity contribution < 1.29 is 19.8 Å². The van der Waals surface area contributed by atoms with Crippen molar-refractivity contribution in [3.8, 4) is 0 Å². The van der Waals surface area contributed by atoms with E-state index in [1.165, 1.54) is 19.3 Å². The molecule has 0 rings (SSSR count).